The van der Waals surface area contributed by atoms with Gasteiger partial charge in [0, 0.05) is 19.5 Å². The number of carbonyl (C=O) groups is 1. The van der Waals surface area contributed by atoms with Crippen molar-refractivity contribution in [3.05, 3.63) is 17.7 Å². The van der Waals surface area contributed by atoms with Crippen LogP contribution in [0.25, 0.3) is 0 Å². The molecule has 6 nitrogen and oxygen atoms in total. The summed E-state index contributed by atoms with van der Waals surface area (Å²) in [6.07, 6.45) is -0.881. The van der Waals surface area contributed by atoms with Gasteiger partial charge in [0.1, 0.15) is 19.4 Å². The monoisotopic (exact) mass is 310 g/mol. The second kappa shape index (κ2) is 6.00. The molecule has 2 N–H and O–H groups in total. The van der Waals surface area contributed by atoms with E-state index < -0.39 is 18.1 Å². The molecular formula is C15H19FN2O4. The Bertz CT molecular complexity index is 564. The molecule has 0 radical (unpaired) electrons. The molecule has 120 valence electrons. The lowest BCUT2D eigenvalue weighted by atomic mass is 10.1. The maximum atomic E-state index is 13.6. The molecular weight excluding hydrogens is 291 g/mol. The van der Waals surface area contributed by atoms with Gasteiger partial charge in [-0.25, -0.2) is 4.39 Å². The molecule has 2 atom stereocenters. The average molecular weight is 310 g/mol. The van der Waals surface area contributed by atoms with Gasteiger partial charge in [0.15, 0.2) is 11.5 Å². The minimum Gasteiger partial charge on any atom is -0.493 e. The molecule has 1 saturated heterocycles. The van der Waals surface area contributed by atoms with Crippen LogP contribution < -0.4 is 19.9 Å². The van der Waals surface area contributed by atoms with Gasteiger partial charge in [0.2, 0.25) is 11.7 Å². The zero-order valence-corrected chi connectivity index (χ0v) is 12.4. The van der Waals surface area contributed by atoms with Crippen molar-refractivity contribution in [1.82, 2.24) is 4.90 Å². The van der Waals surface area contributed by atoms with Crippen LogP contribution in [-0.2, 0) is 11.3 Å². The molecule has 2 aliphatic heterocycles. The third-order valence-corrected chi connectivity index (χ3v) is 3.95. The summed E-state index contributed by atoms with van der Waals surface area (Å²) in [4.78, 5) is 13.2. The number of amides is 1. The average Bonchev–Trinajstić information content (AvgIpc) is 2.87. The number of likely N-dealkylation sites (tertiary alicyclic amines) is 1. The molecule has 3 rings (SSSR count). The predicted molar refractivity (Wildman–Crippen MR) is 76.9 cm³/mol. The number of hydrogen-bond donors (Lipinski definition) is 1. The summed E-state index contributed by atoms with van der Waals surface area (Å²) < 4.78 is 30.0. The van der Waals surface area contributed by atoms with Crippen LogP contribution in [-0.4, -0.2) is 49.9 Å². The first-order valence-electron chi connectivity index (χ1n) is 7.22. The molecule has 1 aromatic rings. The van der Waals surface area contributed by atoms with E-state index in [0.29, 0.717) is 37.0 Å². The highest BCUT2D eigenvalue weighted by atomic mass is 19.1. The Balaban J connectivity index is 1.84. The molecule has 0 bridgehead atoms. The summed E-state index contributed by atoms with van der Waals surface area (Å²) in [6.45, 7) is 1.55. The van der Waals surface area contributed by atoms with E-state index in [2.05, 4.69) is 0 Å². The first-order valence-corrected chi connectivity index (χ1v) is 7.22. The summed E-state index contributed by atoms with van der Waals surface area (Å²) in [6, 6.07) is 3.08. The number of hydrogen-bond acceptors (Lipinski definition) is 5. The van der Waals surface area contributed by atoms with E-state index in [0.717, 1.165) is 5.56 Å². The van der Waals surface area contributed by atoms with Crippen LogP contribution in [0.1, 0.15) is 12.0 Å². The molecule has 0 unspecified atom stereocenters. The summed E-state index contributed by atoms with van der Waals surface area (Å²) >= 11 is 0. The maximum absolute atomic E-state index is 13.6. The summed E-state index contributed by atoms with van der Waals surface area (Å²) in [7, 11) is 1.55. The first kappa shape index (κ1) is 14.9. The van der Waals surface area contributed by atoms with E-state index >= 15 is 0 Å². The van der Waals surface area contributed by atoms with Gasteiger partial charge in [-0.3, -0.25) is 9.69 Å². The highest BCUT2D eigenvalue weighted by Crippen LogP contribution is 2.41. The van der Waals surface area contributed by atoms with Gasteiger partial charge in [-0.15, -0.1) is 0 Å². The molecule has 0 saturated carbocycles. The molecule has 22 heavy (non-hydrogen) atoms. The van der Waals surface area contributed by atoms with Crippen molar-refractivity contribution in [3.63, 3.8) is 0 Å². The lowest BCUT2D eigenvalue weighted by Crippen LogP contribution is -2.39. The van der Waals surface area contributed by atoms with Gasteiger partial charge < -0.3 is 19.9 Å². The standard InChI is InChI=1S/C15H19FN2O4/c1-20-12-4-9(5-13-14(12)22-3-2-21-13)7-18-8-10(16)6-11(18)15(17)19/h4-5,10-11H,2-3,6-8H2,1H3,(H2,17,19)/t10-,11+/m1/s1. The van der Waals surface area contributed by atoms with Crippen LogP contribution in [0.3, 0.4) is 0 Å². The minimum absolute atomic E-state index is 0.150. The predicted octanol–water partition coefficient (Wildman–Crippen LogP) is 0.864. The largest absolute Gasteiger partial charge is 0.493 e. The summed E-state index contributed by atoms with van der Waals surface area (Å²) in [5.41, 5.74) is 6.22. The second-order valence-electron chi connectivity index (χ2n) is 5.50. The van der Waals surface area contributed by atoms with Crippen molar-refractivity contribution >= 4 is 5.91 Å². The van der Waals surface area contributed by atoms with E-state index in [1.165, 1.54) is 0 Å². The number of alkyl halides is 1. The SMILES string of the molecule is COc1cc(CN2C[C@H](F)C[C@H]2C(N)=O)cc2c1OCCO2. The first-order chi connectivity index (χ1) is 10.6. The highest BCUT2D eigenvalue weighted by Gasteiger charge is 2.35. The van der Waals surface area contributed by atoms with Crippen molar-refractivity contribution in [3.8, 4) is 17.2 Å². The van der Waals surface area contributed by atoms with Crippen LogP contribution >= 0.6 is 0 Å². The molecule has 0 aliphatic carbocycles. The van der Waals surface area contributed by atoms with Crippen LogP contribution in [0.2, 0.25) is 0 Å². The third-order valence-electron chi connectivity index (χ3n) is 3.95. The minimum atomic E-state index is -1.03. The quantitative estimate of drug-likeness (QED) is 0.893. The highest BCUT2D eigenvalue weighted by molar-refractivity contribution is 5.80. The van der Waals surface area contributed by atoms with Gasteiger partial charge in [0.05, 0.1) is 13.2 Å². The number of nitrogens with two attached hydrogens (primary N) is 1. The van der Waals surface area contributed by atoms with E-state index in [9.17, 15) is 9.18 Å². The lowest BCUT2D eigenvalue weighted by Gasteiger charge is -2.24. The normalized spacial score (nSPS) is 24.3. The van der Waals surface area contributed by atoms with Gasteiger partial charge in [-0.2, -0.15) is 0 Å². The van der Waals surface area contributed by atoms with Crippen LogP contribution in [0.15, 0.2) is 12.1 Å². The number of benzene rings is 1. The van der Waals surface area contributed by atoms with Crippen molar-refractivity contribution in [2.75, 3.05) is 26.9 Å². The van der Waals surface area contributed by atoms with E-state index in [1.54, 1.807) is 12.0 Å². The van der Waals surface area contributed by atoms with Gasteiger partial charge in [-0.05, 0) is 17.7 Å². The topological polar surface area (TPSA) is 74.0 Å². The molecule has 1 aromatic carbocycles. The lowest BCUT2D eigenvalue weighted by molar-refractivity contribution is -0.122. The Kier molecular flexibility index (Phi) is 4.06. The molecule has 7 heteroatoms. The van der Waals surface area contributed by atoms with Crippen LogP contribution in [0.4, 0.5) is 4.39 Å². The van der Waals surface area contributed by atoms with E-state index in [4.69, 9.17) is 19.9 Å². The molecule has 0 aromatic heterocycles. The Morgan fingerprint density at radius 1 is 1.45 bits per heavy atom. The molecule has 1 fully saturated rings. The Morgan fingerprint density at radius 3 is 2.95 bits per heavy atom. The Labute approximate surface area is 127 Å². The number of methoxy groups -OCH3 is 1. The fourth-order valence-electron chi connectivity index (χ4n) is 2.97. The fourth-order valence-corrected chi connectivity index (χ4v) is 2.97. The number of nitrogens with zero attached hydrogens (tertiary/aromatic N) is 1. The fraction of sp³-hybridized carbons (Fsp3) is 0.533. The van der Waals surface area contributed by atoms with Gasteiger partial charge >= 0.3 is 0 Å². The number of ether oxygens (including phenoxy) is 3. The number of primary amides is 1. The number of rotatable bonds is 4. The van der Waals surface area contributed by atoms with Crippen LogP contribution in [0.5, 0.6) is 17.2 Å². The number of fused-ring (bicyclic) bond motifs is 1. The van der Waals surface area contributed by atoms with Crippen molar-refractivity contribution in [1.29, 1.82) is 0 Å². The number of halogens is 1. The second-order valence-corrected chi connectivity index (χ2v) is 5.50. The van der Waals surface area contributed by atoms with Gasteiger partial charge in [-0.1, -0.05) is 0 Å². The smallest absolute Gasteiger partial charge is 0.234 e. The van der Waals surface area contributed by atoms with Crippen LogP contribution in [0, 0.1) is 0 Å². The zero-order chi connectivity index (χ0) is 15.7. The van der Waals surface area contributed by atoms with Gasteiger partial charge in [0.25, 0.3) is 0 Å². The molecule has 2 aliphatic rings. The van der Waals surface area contributed by atoms with E-state index in [-0.39, 0.29) is 13.0 Å². The third kappa shape index (κ3) is 2.81. The number of carbonyl (C=O) groups excluding carboxylic acids is 1. The Hall–Kier alpha value is -2.02. The maximum Gasteiger partial charge on any atom is 0.234 e. The molecule has 2 heterocycles. The van der Waals surface area contributed by atoms with Crippen molar-refractivity contribution in [2.45, 2.75) is 25.2 Å². The molecule has 0 spiro atoms. The van der Waals surface area contributed by atoms with E-state index in [1.807, 2.05) is 12.1 Å². The Morgan fingerprint density at radius 2 is 2.23 bits per heavy atom. The molecule has 1 amide bonds. The van der Waals surface area contributed by atoms with Crippen molar-refractivity contribution < 1.29 is 23.4 Å². The zero-order valence-electron chi connectivity index (χ0n) is 12.4. The summed E-state index contributed by atoms with van der Waals surface area (Å²) in [5.74, 6) is 1.25. The van der Waals surface area contributed by atoms with Crippen molar-refractivity contribution in [2.24, 2.45) is 5.73 Å². The summed E-state index contributed by atoms with van der Waals surface area (Å²) in [5, 5.41) is 0.